The van der Waals surface area contributed by atoms with E-state index in [-0.39, 0.29) is 0 Å². The van der Waals surface area contributed by atoms with Gasteiger partial charge in [-0.15, -0.1) is 0 Å². The lowest BCUT2D eigenvalue weighted by Gasteiger charge is -2.12. The molecule has 0 unspecified atom stereocenters. The Bertz CT molecular complexity index is 705. The highest BCUT2D eigenvalue weighted by Crippen LogP contribution is 2.45. The van der Waals surface area contributed by atoms with Crippen LogP contribution in [0.15, 0.2) is 9.79 Å². The molecular formula is C12H6F6N2O2S. The smallest absolute Gasteiger partial charge is 0.186 e. The van der Waals surface area contributed by atoms with Crippen molar-refractivity contribution in [3.63, 3.8) is 0 Å². The lowest BCUT2D eigenvalue weighted by atomic mass is 10.2. The molecule has 2 rings (SSSR count). The number of anilines is 2. The highest BCUT2D eigenvalue weighted by molar-refractivity contribution is 7.99. The number of halogens is 6. The van der Waals surface area contributed by atoms with Crippen molar-refractivity contribution in [3.8, 4) is 11.5 Å². The summed E-state index contributed by atoms with van der Waals surface area (Å²) in [5.41, 5.74) is 7.28. The van der Waals surface area contributed by atoms with Crippen LogP contribution in [-0.4, -0.2) is 10.2 Å². The topological polar surface area (TPSA) is 92.5 Å². The lowest BCUT2D eigenvalue weighted by Crippen LogP contribution is -2.04. The maximum atomic E-state index is 13.7. The van der Waals surface area contributed by atoms with Gasteiger partial charge in [0.05, 0.1) is 9.79 Å². The van der Waals surface area contributed by atoms with Gasteiger partial charge < -0.3 is 21.7 Å². The average Bonchev–Trinajstić information content (AvgIpc) is 2.54. The van der Waals surface area contributed by atoms with Gasteiger partial charge in [-0.2, -0.15) is 0 Å². The summed E-state index contributed by atoms with van der Waals surface area (Å²) in [7, 11) is 0. The number of nitrogens with two attached hydrogens (primary N) is 2. The van der Waals surface area contributed by atoms with E-state index in [1.807, 2.05) is 0 Å². The van der Waals surface area contributed by atoms with Crippen LogP contribution < -0.4 is 11.5 Å². The molecule has 0 radical (unpaired) electrons. The minimum atomic E-state index is -1.96. The summed E-state index contributed by atoms with van der Waals surface area (Å²) in [5.74, 6) is -14.3. The Morgan fingerprint density at radius 1 is 0.565 bits per heavy atom. The van der Waals surface area contributed by atoms with E-state index in [2.05, 4.69) is 0 Å². The molecule has 0 amide bonds. The monoisotopic (exact) mass is 356 g/mol. The van der Waals surface area contributed by atoms with E-state index in [0.717, 1.165) is 0 Å². The van der Waals surface area contributed by atoms with Crippen molar-refractivity contribution >= 4 is 23.1 Å². The Kier molecular flexibility index (Phi) is 4.16. The fourth-order valence-corrected chi connectivity index (χ4v) is 2.50. The molecule has 0 aliphatic heterocycles. The second kappa shape index (κ2) is 5.65. The van der Waals surface area contributed by atoms with Gasteiger partial charge >= 0.3 is 0 Å². The predicted molar refractivity (Wildman–Crippen MR) is 68.9 cm³/mol. The molecule has 2 aromatic rings. The summed E-state index contributed by atoms with van der Waals surface area (Å²) in [6, 6.07) is 0. The van der Waals surface area contributed by atoms with Crippen molar-refractivity contribution in [3.05, 3.63) is 34.9 Å². The van der Waals surface area contributed by atoms with E-state index in [9.17, 15) is 36.6 Å². The molecule has 11 heteroatoms. The fourth-order valence-electron chi connectivity index (χ4n) is 1.57. The predicted octanol–water partition coefficient (Wildman–Crippen LogP) is 3.25. The van der Waals surface area contributed by atoms with Gasteiger partial charge in [0, 0.05) is 0 Å². The summed E-state index contributed by atoms with van der Waals surface area (Å²) in [6.07, 6.45) is 0. The van der Waals surface area contributed by atoms with Crippen molar-refractivity contribution in [2.45, 2.75) is 9.79 Å². The molecule has 124 valence electrons. The Morgan fingerprint density at radius 2 is 0.870 bits per heavy atom. The zero-order chi connectivity index (χ0) is 17.6. The van der Waals surface area contributed by atoms with Crippen molar-refractivity contribution < 1.29 is 36.6 Å². The first kappa shape index (κ1) is 16.9. The molecule has 0 aliphatic rings. The third-order valence-corrected chi connectivity index (χ3v) is 3.91. The summed E-state index contributed by atoms with van der Waals surface area (Å²) in [4.78, 5) is -2.79. The molecule has 0 fully saturated rings. The van der Waals surface area contributed by atoms with E-state index in [4.69, 9.17) is 11.5 Å². The quantitative estimate of drug-likeness (QED) is 0.287. The minimum Gasteiger partial charge on any atom is -0.503 e. The van der Waals surface area contributed by atoms with E-state index >= 15 is 0 Å². The SMILES string of the molecule is Nc1c(O)c(F)c(Sc2c(F)c(O)c(N)c(F)c2F)c(F)c1F. The number of phenols is 2. The van der Waals surface area contributed by atoms with Gasteiger partial charge in [-0.25, -0.2) is 26.3 Å². The molecule has 23 heavy (non-hydrogen) atoms. The van der Waals surface area contributed by atoms with Gasteiger partial charge in [0.2, 0.25) is 0 Å². The van der Waals surface area contributed by atoms with Gasteiger partial charge in [-0.05, 0) is 0 Å². The van der Waals surface area contributed by atoms with Crippen LogP contribution in [0.4, 0.5) is 37.7 Å². The largest absolute Gasteiger partial charge is 0.503 e. The first-order valence-electron chi connectivity index (χ1n) is 5.57. The third kappa shape index (κ3) is 2.46. The number of hydrogen-bond donors (Lipinski definition) is 4. The summed E-state index contributed by atoms with van der Waals surface area (Å²) in [5, 5.41) is 18.4. The number of rotatable bonds is 2. The molecule has 0 aliphatic carbocycles. The molecule has 4 nitrogen and oxygen atoms in total. The Balaban J connectivity index is 2.71. The van der Waals surface area contributed by atoms with E-state index in [0.29, 0.717) is 0 Å². The van der Waals surface area contributed by atoms with Crippen LogP contribution in [0.25, 0.3) is 0 Å². The van der Waals surface area contributed by atoms with Crippen LogP contribution >= 0.6 is 11.8 Å². The van der Waals surface area contributed by atoms with Gasteiger partial charge in [-0.1, -0.05) is 11.8 Å². The molecule has 0 aromatic heterocycles. The van der Waals surface area contributed by atoms with Gasteiger partial charge in [0.1, 0.15) is 11.4 Å². The second-order valence-electron chi connectivity index (χ2n) is 4.17. The highest BCUT2D eigenvalue weighted by Gasteiger charge is 2.29. The second-order valence-corrected chi connectivity index (χ2v) is 5.19. The molecule has 0 saturated heterocycles. The fraction of sp³-hybridized carbons (Fsp3) is 0. The number of nitrogen functional groups attached to an aromatic ring is 2. The average molecular weight is 356 g/mol. The number of benzene rings is 2. The normalized spacial score (nSPS) is 11.0. The van der Waals surface area contributed by atoms with Crippen LogP contribution in [0.3, 0.4) is 0 Å². The van der Waals surface area contributed by atoms with E-state index in [1.165, 1.54) is 0 Å². The Labute approximate surface area is 128 Å². The highest BCUT2D eigenvalue weighted by atomic mass is 32.2. The number of aromatic hydroxyl groups is 2. The first-order chi connectivity index (χ1) is 10.6. The maximum Gasteiger partial charge on any atom is 0.186 e. The summed E-state index contributed by atoms with van der Waals surface area (Å²) in [6.45, 7) is 0. The summed E-state index contributed by atoms with van der Waals surface area (Å²) >= 11 is -0.443. The van der Waals surface area contributed by atoms with Crippen molar-refractivity contribution in [2.24, 2.45) is 0 Å². The zero-order valence-corrected chi connectivity index (χ0v) is 11.5. The molecule has 6 N–H and O–H groups in total. The van der Waals surface area contributed by atoms with Crippen LogP contribution in [0, 0.1) is 34.9 Å². The molecule has 0 atom stereocenters. The standard InChI is InChI=1S/C12H6F6N2O2S/c13-1-3(15)11(5(17)9(21)7(1)19)23-12-4(16)2(14)8(20)10(22)6(12)18/h21-22H,19-20H2. The van der Waals surface area contributed by atoms with Crippen molar-refractivity contribution in [1.82, 2.24) is 0 Å². The van der Waals surface area contributed by atoms with Gasteiger partial charge in [0.15, 0.2) is 46.4 Å². The van der Waals surface area contributed by atoms with Crippen LogP contribution in [0.5, 0.6) is 11.5 Å². The molecule has 0 heterocycles. The van der Waals surface area contributed by atoms with Gasteiger partial charge in [0.25, 0.3) is 0 Å². The molecule has 0 saturated carbocycles. The maximum absolute atomic E-state index is 13.7. The molecular weight excluding hydrogens is 350 g/mol. The zero-order valence-electron chi connectivity index (χ0n) is 10.7. The Hall–Kier alpha value is -2.43. The van der Waals surface area contributed by atoms with Crippen LogP contribution in [-0.2, 0) is 0 Å². The van der Waals surface area contributed by atoms with Crippen LogP contribution in [0.1, 0.15) is 0 Å². The lowest BCUT2D eigenvalue weighted by molar-refractivity contribution is 0.396. The first-order valence-corrected chi connectivity index (χ1v) is 6.38. The van der Waals surface area contributed by atoms with Crippen molar-refractivity contribution in [1.29, 1.82) is 0 Å². The number of hydrogen-bond acceptors (Lipinski definition) is 5. The molecule has 2 aromatic carbocycles. The Morgan fingerprint density at radius 3 is 1.17 bits per heavy atom. The van der Waals surface area contributed by atoms with Crippen LogP contribution in [0.2, 0.25) is 0 Å². The molecule has 0 bridgehead atoms. The van der Waals surface area contributed by atoms with Gasteiger partial charge in [-0.3, -0.25) is 0 Å². The minimum absolute atomic E-state index is 0.443. The van der Waals surface area contributed by atoms with Crippen molar-refractivity contribution in [2.75, 3.05) is 11.5 Å². The van der Waals surface area contributed by atoms with E-state index < -0.39 is 79.3 Å². The molecule has 0 spiro atoms. The summed E-state index contributed by atoms with van der Waals surface area (Å²) < 4.78 is 81.6. The third-order valence-electron chi connectivity index (χ3n) is 2.79. The number of phenolic OH excluding ortho intramolecular Hbond substituents is 2. The van der Waals surface area contributed by atoms with E-state index in [1.54, 1.807) is 0 Å².